The summed E-state index contributed by atoms with van der Waals surface area (Å²) in [6.07, 6.45) is 4.68. The van der Waals surface area contributed by atoms with Gasteiger partial charge in [0.15, 0.2) is 0 Å². The number of carbonyl (C=O) groups excluding carboxylic acids is 2. The van der Waals surface area contributed by atoms with E-state index in [2.05, 4.69) is 10.8 Å². The second-order valence-corrected chi connectivity index (χ2v) is 6.22. The number of amides is 2. The Bertz CT molecular complexity index is 654. The molecule has 1 aliphatic carbocycles. The normalized spacial score (nSPS) is 26.9. The molecule has 6 nitrogen and oxygen atoms in total. The Morgan fingerprint density at radius 3 is 2.74 bits per heavy atom. The van der Waals surface area contributed by atoms with Crippen LogP contribution in [0.15, 0.2) is 42.2 Å². The van der Waals surface area contributed by atoms with E-state index in [4.69, 9.17) is 4.84 Å². The highest BCUT2D eigenvalue weighted by Gasteiger charge is 2.37. The lowest BCUT2D eigenvalue weighted by Gasteiger charge is -2.17. The summed E-state index contributed by atoms with van der Waals surface area (Å²) in [7, 11) is 0. The lowest BCUT2D eigenvalue weighted by molar-refractivity contribution is -0.128. The largest absolute Gasteiger partial charge is 0.412 e. The fraction of sp³-hybridized carbons (Fsp3) is 0.412. The van der Waals surface area contributed by atoms with Crippen molar-refractivity contribution in [3.63, 3.8) is 0 Å². The third-order valence-electron chi connectivity index (χ3n) is 4.49. The predicted octanol–water partition coefficient (Wildman–Crippen LogP) is 1.11. The molecule has 2 amide bonds. The predicted molar refractivity (Wildman–Crippen MR) is 84.2 cm³/mol. The molecule has 1 saturated heterocycles. The molecule has 0 bridgehead atoms. The number of nitrogens with one attached hydrogen (secondary N) is 2. The van der Waals surface area contributed by atoms with Crippen LogP contribution in [0.4, 0.5) is 5.69 Å². The van der Waals surface area contributed by atoms with Gasteiger partial charge in [-0.25, -0.2) is 0 Å². The molecule has 0 radical (unpaired) electrons. The molecule has 2 aliphatic heterocycles. The molecule has 2 N–H and O–H groups in total. The number of nitrogens with zero attached hydrogens (tertiary/aromatic N) is 1. The molecule has 23 heavy (non-hydrogen) atoms. The van der Waals surface area contributed by atoms with Crippen molar-refractivity contribution in [3.05, 3.63) is 42.2 Å². The van der Waals surface area contributed by atoms with Crippen LogP contribution in [-0.4, -0.2) is 30.4 Å². The summed E-state index contributed by atoms with van der Waals surface area (Å²) in [5.41, 5.74) is 3.60. The Labute approximate surface area is 134 Å². The number of allylic oxidation sites excluding steroid dienone is 1. The smallest absolute Gasteiger partial charge is 0.249 e. The van der Waals surface area contributed by atoms with E-state index in [1.54, 1.807) is 4.90 Å². The summed E-state index contributed by atoms with van der Waals surface area (Å²) in [6.45, 7) is 0.617. The van der Waals surface area contributed by atoms with Crippen molar-refractivity contribution in [2.75, 3.05) is 11.4 Å². The van der Waals surface area contributed by atoms with Gasteiger partial charge in [-0.2, -0.15) is 0 Å². The fourth-order valence-corrected chi connectivity index (χ4v) is 3.02. The van der Waals surface area contributed by atoms with Gasteiger partial charge < -0.3 is 15.1 Å². The molecule has 0 aromatic heterocycles. The Morgan fingerprint density at radius 2 is 2.00 bits per heavy atom. The van der Waals surface area contributed by atoms with Crippen LogP contribution < -0.4 is 15.7 Å². The molecule has 1 saturated carbocycles. The van der Waals surface area contributed by atoms with Crippen LogP contribution in [0, 0.1) is 5.92 Å². The van der Waals surface area contributed by atoms with Gasteiger partial charge in [0.1, 0.15) is 17.8 Å². The molecule has 2 unspecified atom stereocenters. The van der Waals surface area contributed by atoms with Crippen LogP contribution in [0.2, 0.25) is 0 Å². The maximum absolute atomic E-state index is 12.5. The van der Waals surface area contributed by atoms with Gasteiger partial charge in [-0.3, -0.25) is 9.59 Å². The minimum absolute atomic E-state index is 0.0603. The average Bonchev–Trinajstić information content (AvgIpc) is 3.20. The van der Waals surface area contributed by atoms with Crippen molar-refractivity contribution < 1.29 is 14.4 Å². The molecule has 4 rings (SSSR count). The molecular formula is C17H19N3O3. The standard InChI is InChI=1S/C17H19N3O3/c21-16(14-10-15(23-19-14)11-6-7-11)18-13-8-9-20(17(13)22)12-4-2-1-3-5-12/h1-5,10-11,13-14,19H,6-9H2,(H,18,21). The monoisotopic (exact) mass is 313 g/mol. The second-order valence-electron chi connectivity index (χ2n) is 6.22. The van der Waals surface area contributed by atoms with E-state index >= 15 is 0 Å². The van der Waals surface area contributed by atoms with Gasteiger partial charge >= 0.3 is 0 Å². The molecule has 1 aromatic rings. The summed E-state index contributed by atoms with van der Waals surface area (Å²) in [5.74, 6) is 1.04. The molecule has 2 fully saturated rings. The topological polar surface area (TPSA) is 70.7 Å². The third-order valence-corrected chi connectivity index (χ3v) is 4.49. The van der Waals surface area contributed by atoms with Gasteiger partial charge in [0, 0.05) is 18.2 Å². The van der Waals surface area contributed by atoms with Crippen LogP contribution in [-0.2, 0) is 14.4 Å². The number of benzene rings is 1. The molecule has 2 atom stereocenters. The highest BCUT2D eigenvalue weighted by Crippen LogP contribution is 2.38. The number of hydroxylamine groups is 1. The first-order chi connectivity index (χ1) is 11.2. The van der Waals surface area contributed by atoms with Crippen molar-refractivity contribution in [2.45, 2.75) is 31.3 Å². The van der Waals surface area contributed by atoms with Crippen molar-refractivity contribution >= 4 is 17.5 Å². The van der Waals surface area contributed by atoms with E-state index in [-0.39, 0.29) is 11.8 Å². The SMILES string of the molecule is O=C(NC1CCN(c2ccccc2)C1=O)C1C=C(C2CC2)ON1. The van der Waals surface area contributed by atoms with E-state index in [0.717, 1.165) is 24.3 Å². The Balaban J connectivity index is 1.38. The summed E-state index contributed by atoms with van der Waals surface area (Å²) < 4.78 is 0. The van der Waals surface area contributed by atoms with Crippen LogP contribution >= 0.6 is 0 Å². The Kier molecular flexibility index (Phi) is 3.53. The van der Waals surface area contributed by atoms with Crippen LogP contribution in [0.3, 0.4) is 0 Å². The first-order valence-electron chi connectivity index (χ1n) is 8.03. The zero-order valence-electron chi connectivity index (χ0n) is 12.7. The minimum atomic E-state index is -0.510. The Morgan fingerprint density at radius 1 is 1.22 bits per heavy atom. The van der Waals surface area contributed by atoms with Crippen LogP contribution in [0.5, 0.6) is 0 Å². The van der Waals surface area contributed by atoms with Crippen LogP contribution in [0.1, 0.15) is 19.3 Å². The highest BCUT2D eigenvalue weighted by molar-refractivity contribution is 6.01. The number of para-hydroxylation sites is 1. The third kappa shape index (κ3) is 2.82. The number of carbonyl (C=O) groups is 2. The second kappa shape index (κ2) is 5.70. The van der Waals surface area contributed by atoms with Gasteiger partial charge in [0.2, 0.25) is 11.8 Å². The minimum Gasteiger partial charge on any atom is -0.412 e. The molecule has 6 heteroatoms. The van der Waals surface area contributed by atoms with Gasteiger partial charge in [0.05, 0.1) is 0 Å². The van der Waals surface area contributed by atoms with Crippen molar-refractivity contribution in [2.24, 2.45) is 5.92 Å². The number of hydrogen-bond acceptors (Lipinski definition) is 4. The average molecular weight is 313 g/mol. The maximum atomic E-state index is 12.5. The zero-order chi connectivity index (χ0) is 15.8. The van der Waals surface area contributed by atoms with Crippen molar-refractivity contribution in [1.29, 1.82) is 0 Å². The van der Waals surface area contributed by atoms with Gasteiger partial charge in [-0.15, -0.1) is 5.48 Å². The summed E-state index contributed by atoms with van der Waals surface area (Å²) >= 11 is 0. The first kappa shape index (κ1) is 14.3. The first-order valence-corrected chi connectivity index (χ1v) is 8.03. The molecule has 120 valence electrons. The van der Waals surface area contributed by atoms with E-state index in [0.29, 0.717) is 18.9 Å². The van der Waals surface area contributed by atoms with Gasteiger partial charge in [0.25, 0.3) is 0 Å². The van der Waals surface area contributed by atoms with Crippen LogP contribution in [0.25, 0.3) is 0 Å². The van der Waals surface area contributed by atoms with Crippen molar-refractivity contribution in [3.8, 4) is 0 Å². The van der Waals surface area contributed by atoms with E-state index < -0.39 is 12.1 Å². The molecule has 1 aromatic carbocycles. The number of anilines is 1. The molecule has 0 spiro atoms. The zero-order valence-corrected chi connectivity index (χ0v) is 12.7. The lowest BCUT2D eigenvalue weighted by Crippen LogP contribution is -2.48. The molecule has 3 aliphatic rings. The molecule has 2 heterocycles. The Hall–Kier alpha value is -2.34. The quantitative estimate of drug-likeness (QED) is 0.873. The summed E-state index contributed by atoms with van der Waals surface area (Å²) in [6, 6.07) is 8.54. The van der Waals surface area contributed by atoms with E-state index in [1.165, 1.54) is 0 Å². The highest BCUT2D eigenvalue weighted by atomic mass is 16.7. The maximum Gasteiger partial charge on any atom is 0.249 e. The molecular weight excluding hydrogens is 294 g/mol. The summed E-state index contributed by atoms with van der Waals surface area (Å²) in [4.78, 5) is 31.9. The van der Waals surface area contributed by atoms with Gasteiger partial charge in [-0.05, 0) is 37.5 Å². The lowest BCUT2D eigenvalue weighted by atomic mass is 10.2. The van der Waals surface area contributed by atoms with E-state index in [1.807, 2.05) is 36.4 Å². The fourth-order valence-electron chi connectivity index (χ4n) is 3.02. The van der Waals surface area contributed by atoms with E-state index in [9.17, 15) is 9.59 Å². The van der Waals surface area contributed by atoms with Crippen molar-refractivity contribution in [1.82, 2.24) is 10.8 Å². The number of rotatable bonds is 4. The number of hydrogen-bond donors (Lipinski definition) is 2. The summed E-state index contributed by atoms with van der Waals surface area (Å²) in [5, 5.41) is 2.83. The van der Waals surface area contributed by atoms with Gasteiger partial charge in [-0.1, -0.05) is 18.2 Å².